The predicted molar refractivity (Wildman–Crippen MR) is 74.7 cm³/mol. The standard InChI is InChI=1S/C13H19NO5S/c1-3-12(8-15)14-20(17,18)9-10-5-4-6-11(7-10)13(16)19-2/h4-7,12,14-15H,3,8-9H2,1-2H3/t12-/m0/s1. The van der Waals surface area contributed by atoms with Gasteiger partial charge in [0.25, 0.3) is 0 Å². The Hall–Kier alpha value is -1.44. The van der Waals surface area contributed by atoms with Crippen molar-refractivity contribution < 1.29 is 23.1 Å². The molecule has 2 N–H and O–H groups in total. The van der Waals surface area contributed by atoms with Gasteiger partial charge in [-0.3, -0.25) is 0 Å². The van der Waals surface area contributed by atoms with Gasteiger partial charge in [-0.15, -0.1) is 0 Å². The quantitative estimate of drug-likeness (QED) is 0.722. The van der Waals surface area contributed by atoms with Crippen LogP contribution in [0.4, 0.5) is 0 Å². The Labute approximate surface area is 118 Å². The number of nitrogens with one attached hydrogen (secondary N) is 1. The number of aliphatic hydroxyl groups excluding tert-OH is 1. The summed E-state index contributed by atoms with van der Waals surface area (Å²) in [6.45, 7) is 1.53. The van der Waals surface area contributed by atoms with Crippen molar-refractivity contribution in [3.05, 3.63) is 35.4 Å². The maximum Gasteiger partial charge on any atom is 0.337 e. The van der Waals surface area contributed by atoms with Crippen molar-refractivity contribution >= 4 is 16.0 Å². The summed E-state index contributed by atoms with van der Waals surface area (Å²) >= 11 is 0. The molecule has 1 aromatic rings. The second-order valence-corrected chi connectivity index (χ2v) is 6.11. The number of esters is 1. The number of sulfonamides is 1. The lowest BCUT2D eigenvalue weighted by atomic mass is 10.1. The summed E-state index contributed by atoms with van der Waals surface area (Å²) < 4.78 is 30.9. The fraction of sp³-hybridized carbons (Fsp3) is 0.462. The highest BCUT2D eigenvalue weighted by Gasteiger charge is 2.17. The second kappa shape index (κ2) is 7.37. The molecule has 6 nitrogen and oxygen atoms in total. The lowest BCUT2D eigenvalue weighted by Crippen LogP contribution is -2.37. The largest absolute Gasteiger partial charge is 0.465 e. The molecule has 20 heavy (non-hydrogen) atoms. The van der Waals surface area contributed by atoms with Gasteiger partial charge in [0.05, 0.1) is 25.0 Å². The average Bonchev–Trinajstić information content (AvgIpc) is 2.43. The zero-order chi connectivity index (χ0) is 15.2. The van der Waals surface area contributed by atoms with E-state index in [0.29, 0.717) is 17.5 Å². The van der Waals surface area contributed by atoms with E-state index >= 15 is 0 Å². The van der Waals surface area contributed by atoms with Crippen molar-refractivity contribution in [1.82, 2.24) is 4.72 Å². The van der Waals surface area contributed by atoms with Gasteiger partial charge in [-0.2, -0.15) is 0 Å². The molecule has 0 bridgehead atoms. The molecule has 0 saturated heterocycles. The van der Waals surface area contributed by atoms with Crippen molar-refractivity contribution in [1.29, 1.82) is 0 Å². The molecular formula is C13H19NO5S. The number of carbonyl (C=O) groups excluding carboxylic acids is 1. The molecule has 0 radical (unpaired) electrons. The molecule has 0 spiro atoms. The van der Waals surface area contributed by atoms with Crippen LogP contribution in [0.5, 0.6) is 0 Å². The molecule has 0 aliphatic heterocycles. The van der Waals surface area contributed by atoms with E-state index in [4.69, 9.17) is 5.11 Å². The maximum atomic E-state index is 11.9. The second-order valence-electron chi connectivity index (χ2n) is 4.36. The molecule has 7 heteroatoms. The van der Waals surface area contributed by atoms with Gasteiger partial charge >= 0.3 is 5.97 Å². The van der Waals surface area contributed by atoms with Gasteiger partial charge in [-0.05, 0) is 24.1 Å². The van der Waals surface area contributed by atoms with Crippen LogP contribution in [0.25, 0.3) is 0 Å². The number of carbonyl (C=O) groups is 1. The first-order valence-corrected chi connectivity index (χ1v) is 7.85. The number of aliphatic hydroxyl groups is 1. The zero-order valence-electron chi connectivity index (χ0n) is 11.5. The highest BCUT2D eigenvalue weighted by atomic mass is 32.2. The molecule has 112 valence electrons. The minimum atomic E-state index is -3.57. The Balaban J connectivity index is 2.84. The molecule has 0 fully saturated rings. The fourth-order valence-corrected chi connectivity index (χ4v) is 3.12. The smallest absolute Gasteiger partial charge is 0.337 e. The minimum absolute atomic E-state index is 0.252. The highest BCUT2D eigenvalue weighted by molar-refractivity contribution is 7.88. The highest BCUT2D eigenvalue weighted by Crippen LogP contribution is 2.10. The fourth-order valence-electron chi connectivity index (χ4n) is 1.67. The van der Waals surface area contributed by atoms with Crippen LogP contribution in [0.2, 0.25) is 0 Å². The molecule has 1 atom stereocenters. The Morgan fingerprint density at radius 3 is 2.70 bits per heavy atom. The average molecular weight is 301 g/mol. The van der Waals surface area contributed by atoms with E-state index in [-0.39, 0.29) is 12.4 Å². The van der Waals surface area contributed by atoms with E-state index in [9.17, 15) is 13.2 Å². The topological polar surface area (TPSA) is 92.7 Å². The van der Waals surface area contributed by atoms with E-state index < -0.39 is 22.0 Å². The van der Waals surface area contributed by atoms with E-state index in [0.717, 1.165) is 0 Å². The molecular weight excluding hydrogens is 282 g/mol. The lowest BCUT2D eigenvalue weighted by Gasteiger charge is -2.14. The summed E-state index contributed by atoms with van der Waals surface area (Å²) in [6.07, 6.45) is 0.498. The van der Waals surface area contributed by atoms with Gasteiger partial charge in [0.2, 0.25) is 10.0 Å². The molecule has 0 amide bonds. The Morgan fingerprint density at radius 1 is 1.45 bits per heavy atom. The molecule has 0 aromatic heterocycles. The van der Waals surface area contributed by atoms with E-state index in [1.807, 2.05) is 0 Å². The van der Waals surface area contributed by atoms with Crippen LogP contribution in [0.15, 0.2) is 24.3 Å². The minimum Gasteiger partial charge on any atom is -0.465 e. The van der Waals surface area contributed by atoms with Crippen LogP contribution in [0, 0.1) is 0 Å². The van der Waals surface area contributed by atoms with Gasteiger partial charge < -0.3 is 9.84 Å². The molecule has 0 heterocycles. The van der Waals surface area contributed by atoms with Crippen LogP contribution in [0.1, 0.15) is 29.3 Å². The normalized spacial score (nSPS) is 12.9. The number of hydrogen-bond donors (Lipinski definition) is 2. The van der Waals surface area contributed by atoms with Crippen molar-refractivity contribution in [3.8, 4) is 0 Å². The summed E-state index contributed by atoms with van der Waals surface area (Å²) in [7, 11) is -2.31. The van der Waals surface area contributed by atoms with Gasteiger partial charge in [0, 0.05) is 6.04 Å². The third kappa shape index (κ3) is 4.92. The van der Waals surface area contributed by atoms with E-state index in [1.54, 1.807) is 25.1 Å². The SMILES string of the molecule is CC[C@@H](CO)NS(=O)(=O)Cc1cccc(C(=O)OC)c1. The first-order chi connectivity index (χ1) is 9.41. The number of ether oxygens (including phenoxy) is 1. The van der Waals surface area contributed by atoms with E-state index in [2.05, 4.69) is 9.46 Å². The lowest BCUT2D eigenvalue weighted by molar-refractivity contribution is 0.0600. The van der Waals surface area contributed by atoms with E-state index in [1.165, 1.54) is 13.2 Å². The van der Waals surface area contributed by atoms with Gasteiger partial charge in [-0.25, -0.2) is 17.9 Å². The van der Waals surface area contributed by atoms with Gasteiger partial charge in [0.1, 0.15) is 0 Å². The maximum absolute atomic E-state index is 11.9. The monoisotopic (exact) mass is 301 g/mol. The summed E-state index contributed by atoms with van der Waals surface area (Å²) in [5.41, 5.74) is 0.780. The van der Waals surface area contributed by atoms with Crippen molar-refractivity contribution in [2.24, 2.45) is 0 Å². The summed E-state index contributed by atoms with van der Waals surface area (Å²) in [4.78, 5) is 11.4. The predicted octanol–water partition coefficient (Wildman–Crippen LogP) is 0.663. The molecule has 0 aliphatic carbocycles. The van der Waals surface area contributed by atoms with Crippen LogP contribution in [0.3, 0.4) is 0 Å². The zero-order valence-corrected chi connectivity index (χ0v) is 12.3. The number of rotatable bonds is 7. The van der Waals surface area contributed by atoms with Crippen LogP contribution < -0.4 is 4.72 Å². The van der Waals surface area contributed by atoms with Crippen LogP contribution >= 0.6 is 0 Å². The Kier molecular flexibility index (Phi) is 6.12. The van der Waals surface area contributed by atoms with Crippen molar-refractivity contribution in [2.45, 2.75) is 25.1 Å². The van der Waals surface area contributed by atoms with Crippen molar-refractivity contribution in [2.75, 3.05) is 13.7 Å². The molecule has 0 aliphatic rings. The Morgan fingerprint density at radius 2 is 2.15 bits per heavy atom. The third-order valence-electron chi connectivity index (χ3n) is 2.76. The Bertz CT molecular complexity index is 552. The number of benzene rings is 1. The first kappa shape index (κ1) is 16.6. The van der Waals surface area contributed by atoms with Crippen LogP contribution in [-0.2, 0) is 20.5 Å². The van der Waals surface area contributed by atoms with Crippen LogP contribution in [-0.4, -0.2) is 39.3 Å². The van der Waals surface area contributed by atoms with Gasteiger partial charge in [-0.1, -0.05) is 19.1 Å². The number of methoxy groups -OCH3 is 1. The third-order valence-corrected chi connectivity index (χ3v) is 4.17. The summed E-state index contributed by atoms with van der Waals surface area (Å²) in [6, 6.07) is 5.75. The number of hydrogen-bond acceptors (Lipinski definition) is 5. The first-order valence-electron chi connectivity index (χ1n) is 6.20. The molecule has 0 unspecified atom stereocenters. The molecule has 1 rings (SSSR count). The van der Waals surface area contributed by atoms with Gasteiger partial charge in [0.15, 0.2) is 0 Å². The summed E-state index contributed by atoms with van der Waals surface area (Å²) in [5.74, 6) is -0.770. The molecule has 0 saturated carbocycles. The summed E-state index contributed by atoms with van der Waals surface area (Å²) in [5, 5.41) is 9.02. The van der Waals surface area contributed by atoms with Crippen molar-refractivity contribution in [3.63, 3.8) is 0 Å². The molecule has 1 aromatic carbocycles.